The van der Waals surface area contributed by atoms with Gasteiger partial charge in [-0.2, -0.15) is 18.4 Å². The van der Waals surface area contributed by atoms with E-state index < -0.39 is 11.7 Å². The molecule has 0 radical (unpaired) electrons. The average molecular weight is 331 g/mol. The van der Waals surface area contributed by atoms with Crippen LogP contribution in [0.3, 0.4) is 0 Å². The number of imidazole rings is 1. The number of halogens is 3. The Morgan fingerprint density at radius 3 is 2.67 bits per heavy atom. The van der Waals surface area contributed by atoms with E-state index in [9.17, 15) is 18.4 Å². The zero-order valence-electron chi connectivity index (χ0n) is 12.0. The summed E-state index contributed by atoms with van der Waals surface area (Å²) in [5.41, 5.74) is 0.284. The maximum Gasteiger partial charge on any atom is 0.417 e. The third-order valence-corrected chi connectivity index (χ3v) is 3.70. The van der Waals surface area contributed by atoms with Gasteiger partial charge in [-0.25, -0.2) is 4.98 Å². The van der Waals surface area contributed by atoms with Crippen molar-refractivity contribution in [2.24, 2.45) is 0 Å². The number of nitriles is 1. The van der Waals surface area contributed by atoms with Crippen molar-refractivity contribution in [1.82, 2.24) is 9.38 Å². The third kappa shape index (κ3) is 2.13. The van der Waals surface area contributed by atoms with Gasteiger partial charge in [0.1, 0.15) is 17.4 Å². The van der Waals surface area contributed by atoms with Gasteiger partial charge in [0.05, 0.1) is 5.56 Å². The summed E-state index contributed by atoms with van der Waals surface area (Å²) in [6, 6.07) is 9.10. The standard InChI is InChI=1S/C16H8F3N3O2/c17-16(18,19)10-2-4-14-21-15(11(6-20)22(14)7-10)9-1-3-12-13(5-9)24-8-23-12/h1-5,7H,8H2. The summed E-state index contributed by atoms with van der Waals surface area (Å²) in [5, 5.41) is 9.41. The number of benzene rings is 1. The molecule has 0 fully saturated rings. The van der Waals surface area contributed by atoms with E-state index in [0.29, 0.717) is 17.1 Å². The van der Waals surface area contributed by atoms with E-state index in [4.69, 9.17) is 9.47 Å². The SMILES string of the molecule is N#Cc1c(-c2ccc3c(c2)OCO3)nc2ccc(C(F)(F)F)cn12. The number of pyridine rings is 1. The van der Waals surface area contributed by atoms with Crippen molar-refractivity contribution < 1.29 is 22.6 Å². The maximum absolute atomic E-state index is 12.9. The Morgan fingerprint density at radius 1 is 1.12 bits per heavy atom. The van der Waals surface area contributed by atoms with Gasteiger partial charge in [-0.15, -0.1) is 0 Å². The van der Waals surface area contributed by atoms with Gasteiger partial charge in [-0.05, 0) is 30.3 Å². The van der Waals surface area contributed by atoms with E-state index in [1.54, 1.807) is 18.2 Å². The van der Waals surface area contributed by atoms with Crippen molar-refractivity contribution in [3.05, 3.63) is 47.8 Å². The highest BCUT2D eigenvalue weighted by Gasteiger charge is 2.31. The molecule has 0 aliphatic carbocycles. The van der Waals surface area contributed by atoms with Crippen molar-refractivity contribution in [3.63, 3.8) is 0 Å². The Labute approximate surface area is 133 Å². The summed E-state index contributed by atoms with van der Waals surface area (Å²) in [4.78, 5) is 4.28. The summed E-state index contributed by atoms with van der Waals surface area (Å²) in [7, 11) is 0. The molecular formula is C16H8F3N3O2. The minimum atomic E-state index is -4.50. The molecule has 3 aromatic rings. The molecule has 0 saturated carbocycles. The maximum atomic E-state index is 12.9. The number of hydrogen-bond acceptors (Lipinski definition) is 4. The lowest BCUT2D eigenvalue weighted by Crippen LogP contribution is -2.06. The van der Waals surface area contributed by atoms with E-state index >= 15 is 0 Å². The fourth-order valence-corrected chi connectivity index (χ4v) is 2.56. The van der Waals surface area contributed by atoms with Crippen LogP contribution in [-0.4, -0.2) is 16.2 Å². The van der Waals surface area contributed by atoms with Crippen molar-refractivity contribution >= 4 is 5.65 Å². The topological polar surface area (TPSA) is 59.5 Å². The molecule has 8 heteroatoms. The number of hydrogen-bond donors (Lipinski definition) is 0. The number of ether oxygens (including phenoxy) is 2. The van der Waals surface area contributed by atoms with Crippen LogP contribution < -0.4 is 9.47 Å². The Hall–Kier alpha value is -3.21. The molecule has 1 aliphatic rings. The number of aromatic nitrogens is 2. The van der Waals surface area contributed by atoms with Gasteiger partial charge in [0.15, 0.2) is 17.2 Å². The highest BCUT2D eigenvalue weighted by Crippen LogP contribution is 2.37. The number of fused-ring (bicyclic) bond motifs is 2. The number of rotatable bonds is 1. The number of nitrogens with zero attached hydrogens (tertiary/aromatic N) is 3. The molecule has 3 heterocycles. The fourth-order valence-electron chi connectivity index (χ4n) is 2.56. The van der Waals surface area contributed by atoms with Gasteiger partial charge in [0.25, 0.3) is 0 Å². The van der Waals surface area contributed by atoms with Crippen LogP contribution in [0.15, 0.2) is 36.5 Å². The largest absolute Gasteiger partial charge is 0.454 e. The Morgan fingerprint density at radius 2 is 1.92 bits per heavy atom. The van der Waals surface area contributed by atoms with Crippen LogP contribution in [0.1, 0.15) is 11.3 Å². The molecule has 0 spiro atoms. The smallest absolute Gasteiger partial charge is 0.417 e. The van der Waals surface area contributed by atoms with E-state index in [-0.39, 0.29) is 23.8 Å². The summed E-state index contributed by atoms with van der Waals surface area (Å²) in [5.74, 6) is 1.07. The minimum absolute atomic E-state index is 0.0231. The van der Waals surface area contributed by atoms with Crippen LogP contribution >= 0.6 is 0 Å². The zero-order chi connectivity index (χ0) is 16.9. The van der Waals surface area contributed by atoms with Gasteiger partial charge in [-0.1, -0.05) is 0 Å². The molecule has 5 nitrogen and oxygen atoms in total. The lowest BCUT2D eigenvalue weighted by Gasteiger charge is -2.06. The van der Waals surface area contributed by atoms with Crippen molar-refractivity contribution in [2.45, 2.75) is 6.18 Å². The molecule has 4 rings (SSSR count). The minimum Gasteiger partial charge on any atom is -0.454 e. The molecule has 1 aromatic carbocycles. The predicted octanol–water partition coefficient (Wildman–Crippen LogP) is 3.62. The second-order valence-corrected chi connectivity index (χ2v) is 5.13. The molecule has 24 heavy (non-hydrogen) atoms. The van der Waals surface area contributed by atoms with Gasteiger partial charge in [0.2, 0.25) is 6.79 Å². The van der Waals surface area contributed by atoms with Crippen LogP contribution in [0.5, 0.6) is 11.5 Å². The second kappa shape index (κ2) is 4.89. The molecule has 2 aromatic heterocycles. The molecule has 0 atom stereocenters. The molecule has 0 saturated heterocycles. The molecule has 0 N–H and O–H groups in total. The highest BCUT2D eigenvalue weighted by atomic mass is 19.4. The van der Waals surface area contributed by atoms with Crippen molar-refractivity contribution in [2.75, 3.05) is 6.79 Å². The van der Waals surface area contributed by atoms with Crippen LogP contribution in [0.4, 0.5) is 13.2 Å². The summed E-state index contributed by atoms with van der Waals surface area (Å²) in [6.07, 6.45) is -3.62. The van der Waals surface area contributed by atoms with Gasteiger partial charge in [0, 0.05) is 11.8 Å². The van der Waals surface area contributed by atoms with E-state index in [2.05, 4.69) is 4.98 Å². The normalized spacial score (nSPS) is 13.2. The van der Waals surface area contributed by atoms with E-state index in [1.807, 2.05) is 6.07 Å². The highest BCUT2D eigenvalue weighted by molar-refractivity contribution is 5.72. The first-order chi connectivity index (χ1) is 11.5. The molecule has 120 valence electrons. The average Bonchev–Trinajstić information content (AvgIpc) is 3.16. The van der Waals surface area contributed by atoms with Crippen LogP contribution in [0.2, 0.25) is 0 Å². The third-order valence-electron chi connectivity index (χ3n) is 3.70. The monoisotopic (exact) mass is 331 g/mol. The van der Waals surface area contributed by atoms with Crippen molar-refractivity contribution in [1.29, 1.82) is 5.26 Å². The summed E-state index contributed by atoms with van der Waals surface area (Å²) >= 11 is 0. The summed E-state index contributed by atoms with van der Waals surface area (Å²) in [6.45, 7) is 0.101. The fraction of sp³-hybridized carbons (Fsp3) is 0.125. The molecule has 0 amide bonds. The van der Waals surface area contributed by atoms with Crippen LogP contribution in [-0.2, 0) is 6.18 Å². The Kier molecular flexibility index (Phi) is 2.93. The summed E-state index contributed by atoms with van der Waals surface area (Å²) < 4.78 is 50.3. The van der Waals surface area contributed by atoms with E-state index in [0.717, 1.165) is 16.7 Å². The van der Waals surface area contributed by atoms with Gasteiger partial charge >= 0.3 is 6.18 Å². The van der Waals surface area contributed by atoms with Crippen LogP contribution in [0, 0.1) is 11.3 Å². The van der Waals surface area contributed by atoms with Gasteiger partial charge < -0.3 is 9.47 Å². The number of alkyl halides is 3. The van der Waals surface area contributed by atoms with E-state index in [1.165, 1.54) is 6.07 Å². The predicted molar refractivity (Wildman–Crippen MR) is 76.5 cm³/mol. The molecule has 1 aliphatic heterocycles. The van der Waals surface area contributed by atoms with Gasteiger partial charge in [-0.3, -0.25) is 4.40 Å². The second-order valence-electron chi connectivity index (χ2n) is 5.13. The first-order valence-corrected chi connectivity index (χ1v) is 6.87. The molecular weight excluding hydrogens is 323 g/mol. The quantitative estimate of drug-likeness (QED) is 0.683. The molecule has 0 bridgehead atoms. The Balaban J connectivity index is 1.92. The first-order valence-electron chi connectivity index (χ1n) is 6.87. The first kappa shape index (κ1) is 14.4. The zero-order valence-corrected chi connectivity index (χ0v) is 12.0. The lowest BCUT2D eigenvalue weighted by molar-refractivity contribution is -0.137. The van der Waals surface area contributed by atoms with Crippen molar-refractivity contribution in [3.8, 4) is 28.8 Å². The Bertz CT molecular complexity index is 1000. The molecule has 0 unspecified atom stereocenters. The lowest BCUT2D eigenvalue weighted by atomic mass is 10.1. The van der Waals surface area contributed by atoms with Crippen LogP contribution in [0.25, 0.3) is 16.9 Å².